The molecule has 0 spiro atoms. The third-order valence-electron chi connectivity index (χ3n) is 4.32. The average molecular weight is 307 g/mol. The second-order valence-corrected chi connectivity index (χ2v) is 5.89. The van der Waals surface area contributed by atoms with Crippen molar-refractivity contribution in [1.82, 2.24) is 4.98 Å². The van der Waals surface area contributed by atoms with Crippen molar-refractivity contribution in [3.05, 3.63) is 47.1 Å². The molecule has 2 aromatic carbocycles. The molecule has 2 N–H and O–H groups in total. The van der Waals surface area contributed by atoms with Gasteiger partial charge in [0.25, 0.3) is 0 Å². The van der Waals surface area contributed by atoms with Gasteiger partial charge in [-0.25, -0.2) is 9.37 Å². The van der Waals surface area contributed by atoms with E-state index in [4.69, 9.17) is 10.2 Å². The van der Waals surface area contributed by atoms with Crippen LogP contribution in [0.4, 0.5) is 10.1 Å². The zero-order chi connectivity index (χ0) is 16.1. The minimum atomic E-state index is -0.506. The van der Waals surface area contributed by atoms with Crippen molar-refractivity contribution in [3.63, 3.8) is 0 Å². The van der Waals surface area contributed by atoms with Crippen molar-refractivity contribution >= 4 is 16.8 Å². The molecule has 23 heavy (non-hydrogen) atoms. The second-order valence-electron chi connectivity index (χ2n) is 5.89. The summed E-state index contributed by atoms with van der Waals surface area (Å²) >= 11 is 0. The van der Waals surface area contributed by atoms with Gasteiger partial charge in [-0.15, -0.1) is 0 Å². The fourth-order valence-electron chi connectivity index (χ4n) is 2.92. The highest BCUT2D eigenvalue weighted by atomic mass is 19.1. The average Bonchev–Trinajstić information content (AvgIpc) is 3.29. The van der Waals surface area contributed by atoms with E-state index < -0.39 is 5.82 Å². The molecule has 1 aromatic heterocycles. The maximum atomic E-state index is 15.1. The molecule has 1 heterocycles. The molecule has 0 amide bonds. The first kappa shape index (κ1) is 13.8. The van der Waals surface area contributed by atoms with Crippen LogP contribution in [-0.2, 0) is 0 Å². The van der Waals surface area contributed by atoms with Crippen molar-refractivity contribution in [1.29, 1.82) is 5.26 Å². The first-order valence-electron chi connectivity index (χ1n) is 7.49. The van der Waals surface area contributed by atoms with Gasteiger partial charge < -0.3 is 10.2 Å². The summed E-state index contributed by atoms with van der Waals surface area (Å²) in [6, 6.07) is 9.16. The summed E-state index contributed by atoms with van der Waals surface area (Å²) in [5, 5.41) is 9.53. The number of hydrogen-bond donors (Lipinski definition) is 1. The molecule has 1 aliphatic rings. The zero-order valence-electron chi connectivity index (χ0n) is 12.6. The quantitative estimate of drug-likeness (QED) is 0.717. The van der Waals surface area contributed by atoms with E-state index in [0.717, 1.165) is 12.8 Å². The fraction of sp³-hybridized carbons (Fsp3) is 0.222. The molecule has 0 saturated heterocycles. The Balaban J connectivity index is 2.09. The van der Waals surface area contributed by atoms with Crippen molar-refractivity contribution in [2.24, 2.45) is 0 Å². The highest BCUT2D eigenvalue weighted by Crippen LogP contribution is 2.43. The zero-order valence-corrected chi connectivity index (χ0v) is 12.6. The Morgan fingerprint density at radius 1 is 1.35 bits per heavy atom. The minimum Gasteiger partial charge on any atom is -0.437 e. The minimum absolute atomic E-state index is 0.0484. The van der Waals surface area contributed by atoms with E-state index in [1.165, 1.54) is 0 Å². The molecule has 3 aromatic rings. The van der Waals surface area contributed by atoms with Crippen LogP contribution in [0.1, 0.15) is 35.8 Å². The molecule has 4 rings (SSSR count). The fourth-order valence-corrected chi connectivity index (χ4v) is 2.92. The number of hydrogen-bond acceptors (Lipinski definition) is 4. The molecule has 1 aliphatic carbocycles. The third kappa shape index (κ3) is 1.99. The number of benzene rings is 2. The highest BCUT2D eigenvalue weighted by molar-refractivity contribution is 5.92. The van der Waals surface area contributed by atoms with Crippen LogP contribution in [0.2, 0.25) is 0 Å². The van der Waals surface area contributed by atoms with E-state index in [1.807, 2.05) is 0 Å². The predicted molar refractivity (Wildman–Crippen MR) is 85.2 cm³/mol. The monoisotopic (exact) mass is 307 g/mol. The first-order valence-corrected chi connectivity index (χ1v) is 7.49. The van der Waals surface area contributed by atoms with Crippen molar-refractivity contribution in [2.75, 3.05) is 5.73 Å². The molecule has 1 saturated carbocycles. The number of fused-ring (bicyclic) bond motifs is 1. The number of nitrogens with two attached hydrogens (primary N) is 1. The van der Waals surface area contributed by atoms with E-state index >= 15 is 4.39 Å². The van der Waals surface area contributed by atoms with Crippen molar-refractivity contribution in [3.8, 4) is 17.2 Å². The van der Waals surface area contributed by atoms with Crippen LogP contribution in [0, 0.1) is 24.1 Å². The Hall–Kier alpha value is -2.87. The van der Waals surface area contributed by atoms with Gasteiger partial charge in [0.1, 0.15) is 11.6 Å². The smallest absolute Gasteiger partial charge is 0.198 e. The maximum Gasteiger partial charge on any atom is 0.198 e. The molecule has 0 radical (unpaired) electrons. The molecule has 0 unspecified atom stereocenters. The van der Waals surface area contributed by atoms with E-state index in [0.29, 0.717) is 39.3 Å². The van der Waals surface area contributed by atoms with Gasteiger partial charge in [-0.05, 0) is 31.4 Å². The molecule has 0 atom stereocenters. The number of nitriles is 1. The number of nitrogen functional groups attached to an aromatic ring is 1. The topological polar surface area (TPSA) is 75.8 Å². The molecular weight excluding hydrogens is 293 g/mol. The summed E-state index contributed by atoms with van der Waals surface area (Å²) in [6.45, 7) is 1.72. The Bertz CT molecular complexity index is 980. The van der Waals surface area contributed by atoms with Crippen LogP contribution in [0.25, 0.3) is 22.2 Å². The molecule has 0 bridgehead atoms. The molecular formula is C18H14FN3O. The summed E-state index contributed by atoms with van der Waals surface area (Å²) in [5.74, 6) is 0.265. The van der Waals surface area contributed by atoms with Gasteiger partial charge in [0.15, 0.2) is 17.3 Å². The van der Waals surface area contributed by atoms with E-state index in [1.54, 1.807) is 31.2 Å². The largest absolute Gasteiger partial charge is 0.437 e. The number of para-hydroxylation sites is 1. The van der Waals surface area contributed by atoms with Crippen LogP contribution < -0.4 is 5.73 Å². The van der Waals surface area contributed by atoms with E-state index in [2.05, 4.69) is 11.1 Å². The Morgan fingerprint density at radius 2 is 2.09 bits per heavy atom. The maximum absolute atomic E-state index is 15.1. The summed E-state index contributed by atoms with van der Waals surface area (Å²) in [6.07, 6.45) is 1.99. The lowest BCUT2D eigenvalue weighted by Crippen LogP contribution is -1.98. The summed E-state index contributed by atoms with van der Waals surface area (Å²) in [5.41, 5.74) is 8.56. The Kier molecular flexibility index (Phi) is 2.88. The van der Waals surface area contributed by atoms with Crippen LogP contribution in [-0.4, -0.2) is 4.98 Å². The van der Waals surface area contributed by atoms with Crippen molar-refractivity contribution in [2.45, 2.75) is 25.7 Å². The molecule has 0 aliphatic heterocycles. The molecule has 114 valence electrons. The van der Waals surface area contributed by atoms with Gasteiger partial charge in [0.2, 0.25) is 0 Å². The third-order valence-corrected chi connectivity index (χ3v) is 4.32. The normalized spacial score (nSPS) is 14.1. The van der Waals surface area contributed by atoms with Gasteiger partial charge in [0, 0.05) is 22.7 Å². The molecule has 4 nitrogen and oxygen atoms in total. The van der Waals surface area contributed by atoms with Gasteiger partial charge >= 0.3 is 0 Å². The standard InChI is InChI=1S/C18H14FN3O/c1-9-12(8-20)16-17(23-18(22-16)10-6-7-10)15(19)14(9)11-4-2-3-5-13(11)21/h2-5,10H,6-7,21H2,1H3. The van der Waals surface area contributed by atoms with Gasteiger partial charge in [-0.3, -0.25) is 0 Å². The lowest BCUT2D eigenvalue weighted by atomic mass is 9.94. The number of nitrogens with zero attached hydrogens (tertiary/aromatic N) is 2. The second kappa shape index (κ2) is 4.82. The van der Waals surface area contributed by atoms with Crippen molar-refractivity contribution < 1.29 is 8.81 Å². The molecule has 5 heteroatoms. The SMILES string of the molecule is Cc1c(-c2ccccc2N)c(F)c2oc(C3CC3)nc2c1C#N. The summed E-state index contributed by atoms with van der Waals surface area (Å²) < 4.78 is 20.8. The number of halogens is 1. The van der Waals surface area contributed by atoms with Gasteiger partial charge in [-0.2, -0.15) is 5.26 Å². The number of oxazole rings is 1. The predicted octanol–water partition coefficient (Wildman–Crippen LogP) is 4.27. The van der Waals surface area contributed by atoms with Crippen LogP contribution in [0.5, 0.6) is 0 Å². The first-order chi connectivity index (χ1) is 11.1. The van der Waals surface area contributed by atoms with Crippen LogP contribution in [0.3, 0.4) is 0 Å². The van der Waals surface area contributed by atoms with Gasteiger partial charge in [-0.1, -0.05) is 18.2 Å². The summed E-state index contributed by atoms with van der Waals surface area (Å²) in [4.78, 5) is 4.36. The Labute approximate surface area is 132 Å². The molecule has 1 fully saturated rings. The van der Waals surface area contributed by atoms with Crippen LogP contribution >= 0.6 is 0 Å². The van der Waals surface area contributed by atoms with Gasteiger partial charge in [0.05, 0.1) is 5.56 Å². The summed E-state index contributed by atoms with van der Waals surface area (Å²) in [7, 11) is 0. The Morgan fingerprint density at radius 3 is 2.74 bits per heavy atom. The number of anilines is 1. The van der Waals surface area contributed by atoms with Crippen LogP contribution in [0.15, 0.2) is 28.7 Å². The highest BCUT2D eigenvalue weighted by Gasteiger charge is 2.31. The number of aromatic nitrogens is 1. The van der Waals surface area contributed by atoms with E-state index in [-0.39, 0.29) is 11.5 Å². The van der Waals surface area contributed by atoms with E-state index in [9.17, 15) is 5.26 Å². The number of rotatable bonds is 2. The lowest BCUT2D eigenvalue weighted by molar-refractivity contribution is 0.509. The lowest BCUT2D eigenvalue weighted by Gasteiger charge is -2.11.